The summed E-state index contributed by atoms with van der Waals surface area (Å²) in [5.41, 5.74) is 6.03. The van der Waals surface area contributed by atoms with Crippen LogP contribution in [0.1, 0.15) is 44.7 Å². The zero-order valence-corrected chi connectivity index (χ0v) is 12.7. The van der Waals surface area contributed by atoms with Crippen LogP contribution in [-0.4, -0.2) is 19.9 Å². The molecule has 0 aliphatic heterocycles. The van der Waals surface area contributed by atoms with Crippen molar-refractivity contribution in [1.82, 2.24) is 9.71 Å². The molecule has 3 N–H and O–H groups in total. The molecule has 1 aromatic rings. The molecule has 20 heavy (non-hydrogen) atoms. The number of rotatable bonds is 5. The van der Waals surface area contributed by atoms with E-state index >= 15 is 0 Å². The molecule has 1 aliphatic carbocycles. The van der Waals surface area contributed by atoms with E-state index in [1.165, 1.54) is 19.3 Å². The lowest BCUT2D eigenvalue weighted by atomic mass is 9.76. The van der Waals surface area contributed by atoms with Crippen molar-refractivity contribution in [2.75, 3.05) is 6.54 Å². The van der Waals surface area contributed by atoms with Crippen LogP contribution in [0.4, 0.5) is 0 Å². The molecule has 0 aromatic carbocycles. The number of nitrogens with zero attached hydrogens (tertiary/aromatic N) is 1. The fourth-order valence-electron chi connectivity index (χ4n) is 2.75. The molecule has 2 rings (SSSR count). The standard InChI is InChI=1S/C14H23N3O2S/c1-14(7-3-2-4-8-14)11-17-20(18,19)13-6-5-9-16-12(13)10-15/h5-6,9,17H,2-4,7-8,10-11,15H2,1H3. The van der Waals surface area contributed by atoms with Crippen LogP contribution in [0.3, 0.4) is 0 Å². The lowest BCUT2D eigenvalue weighted by Crippen LogP contribution is -2.37. The zero-order chi connectivity index (χ0) is 14.6. The molecule has 0 amide bonds. The molecule has 5 nitrogen and oxygen atoms in total. The Bertz CT molecular complexity index is 551. The third-order valence-electron chi connectivity index (χ3n) is 4.08. The van der Waals surface area contributed by atoms with E-state index in [-0.39, 0.29) is 16.9 Å². The normalized spacial score (nSPS) is 18.9. The minimum Gasteiger partial charge on any atom is -0.325 e. The summed E-state index contributed by atoms with van der Waals surface area (Å²) < 4.78 is 27.5. The molecular weight excluding hydrogens is 274 g/mol. The first-order valence-electron chi connectivity index (χ1n) is 7.10. The lowest BCUT2D eigenvalue weighted by Gasteiger charge is -2.33. The van der Waals surface area contributed by atoms with Gasteiger partial charge in [-0.2, -0.15) is 0 Å². The van der Waals surface area contributed by atoms with Crippen molar-refractivity contribution >= 4 is 10.0 Å². The van der Waals surface area contributed by atoms with Crippen molar-refractivity contribution in [3.05, 3.63) is 24.0 Å². The molecule has 1 saturated carbocycles. The maximum Gasteiger partial charge on any atom is 0.242 e. The molecule has 0 spiro atoms. The van der Waals surface area contributed by atoms with Crippen molar-refractivity contribution in [2.24, 2.45) is 11.1 Å². The second-order valence-corrected chi connectivity index (χ2v) is 7.58. The van der Waals surface area contributed by atoms with Crippen LogP contribution in [0.25, 0.3) is 0 Å². The Labute approximate surface area is 121 Å². The van der Waals surface area contributed by atoms with Crippen molar-refractivity contribution in [3.63, 3.8) is 0 Å². The molecule has 0 unspecified atom stereocenters. The van der Waals surface area contributed by atoms with Gasteiger partial charge in [0, 0.05) is 19.3 Å². The molecule has 1 fully saturated rings. The van der Waals surface area contributed by atoms with Gasteiger partial charge in [0.25, 0.3) is 0 Å². The van der Waals surface area contributed by atoms with E-state index in [0.717, 1.165) is 12.8 Å². The molecule has 0 radical (unpaired) electrons. The van der Waals surface area contributed by atoms with Crippen molar-refractivity contribution in [1.29, 1.82) is 0 Å². The van der Waals surface area contributed by atoms with Gasteiger partial charge >= 0.3 is 0 Å². The van der Waals surface area contributed by atoms with Gasteiger partial charge in [0.15, 0.2) is 0 Å². The number of aromatic nitrogens is 1. The third kappa shape index (κ3) is 3.56. The molecule has 1 aromatic heterocycles. The van der Waals surface area contributed by atoms with E-state index in [1.807, 2.05) is 0 Å². The summed E-state index contributed by atoms with van der Waals surface area (Å²) in [6, 6.07) is 3.18. The van der Waals surface area contributed by atoms with Gasteiger partial charge in [0.1, 0.15) is 4.90 Å². The Morgan fingerprint density at radius 2 is 2.05 bits per heavy atom. The summed E-state index contributed by atoms with van der Waals surface area (Å²) in [5.74, 6) is 0. The molecule has 0 saturated heterocycles. The number of nitrogens with one attached hydrogen (secondary N) is 1. The summed E-state index contributed by atoms with van der Waals surface area (Å²) in [4.78, 5) is 4.23. The van der Waals surface area contributed by atoms with Gasteiger partial charge in [-0.05, 0) is 30.4 Å². The van der Waals surface area contributed by atoms with Crippen LogP contribution in [-0.2, 0) is 16.6 Å². The van der Waals surface area contributed by atoms with Crippen LogP contribution in [0.5, 0.6) is 0 Å². The quantitative estimate of drug-likeness (QED) is 0.867. The maximum absolute atomic E-state index is 12.4. The summed E-state index contributed by atoms with van der Waals surface area (Å²) in [6.07, 6.45) is 7.32. The summed E-state index contributed by atoms with van der Waals surface area (Å²) in [6.45, 7) is 2.75. The summed E-state index contributed by atoms with van der Waals surface area (Å²) in [5, 5.41) is 0. The Morgan fingerprint density at radius 3 is 2.70 bits per heavy atom. The number of sulfonamides is 1. The molecule has 1 aliphatic rings. The minimum absolute atomic E-state index is 0.0659. The maximum atomic E-state index is 12.4. The highest BCUT2D eigenvalue weighted by atomic mass is 32.2. The monoisotopic (exact) mass is 297 g/mol. The van der Waals surface area contributed by atoms with E-state index in [2.05, 4.69) is 16.6 Å². The molecule has 0 bridgehead atoms. The Kier molecular flexibility index (Phi) is 4.78. The first-order chi connectivity index (χ1) is 9.47. The first-order valence-corrected chi connectivity index (χ1v) is 8.59. The van der Waals surface area contributed by atoms with E-state index < -0.39 is 10.0 Å². The number of hydrogen-bond acceptors (Lipinski definition) is 4. The molecule has 112 valence electrons. The number of pyridine rings is 1. The lowest BCUT2D eigenvalue weighted by molar-refractivity contribution is 0.219. The van der Waals surface area contributed by atoms with E-state index in [4.69, 9.17) is 5.73 Å². The fraction of sp³-hybridized carbons (Fsp3) is 0.643. The Balaban J connectivity index is 2.11. The summed E-state index contributed by atoms with van der Waals surface area (Å²) in [7, 11) is -3.53. The van der Waals surface area contributed by atoms with Gasteiger partial charge in [-0.3, -0.25) is 4.98 Å². The smallest absolute Gasteiger partial charge is 0.242 e. The van der Waals surface area contributed by atoms with Crippen molar-refractivity contribution in [3.8, 4) is 0 Å². The highest BCUT2D eigenvalue weighted by molar-refractivity contribution is 7.89. The highest BCUT2D eigenvalue weighted by Crippen LogP contribution is 2.35. The van der Waals surface area contributed by atoms with Crippen molar-refractivity contribution in [2.45, 2.75) is 50.5 Å². The number of hydrogen-bond donors (Lipinski definition) is 2. The van der Waals surface area contributed by atoms with Crippen LogP contribution in [0, 0.1) is 5.41 Å². The molecule has 6 heteroatoms. The van der Waals surface area contributed by atoms with Gasteiger partial charge in [-0.25, -0.2) is 13.1 Å². The highest BCUT2D eigenvalue weighted by Gasteiger charge is 2.29. The van der Waals surface area contributed by atoms with Crippen molar-refractivity contribution < 1.29 is 8.42 Å². The predicted molar refractivity (Wildman–Crippen MR) is 78.5 cm³/mol. The second kappa shape index (κ2) is 6.20. The van der Waals surface area contributed by atoms with Crippen LogP contribution >= 0.6 is 0 Å². The average Bonchev–Trinajstić information content (AvgIpc) is 2.46. The Hall–Kier alpha value is -0.980. The van der Waals surface area contributed by atoms with Crippen LogP contribution in [0.15, 0.2) is 23.2 Å². The average molecular weight is 297 g/mol. The van der Waals surface area contributed by atoms with Crippen LogP contribution < -0.4 is 10.5 Å². The number of nitrogens with two attached hydrogens (primary N) is 1. The van der Waals surface area contributed by atoms with Gasteiger partial charge in [0.2, 0.25) is 10.0 Å². The summed E-state index contributed by atoms with van der Waals surface area (Å²) >= 11 is 0. The van der Waals surface area contributed by atoms with E-state index in [0.29, 0.717) is 12.2 Å². The van der Waals surface area contributed by atoms with Gasteiger partial charge in [0.05, 0.1) is 5.69 Å². The minimum atomic E-state index is -3.53. The third-order valence-corrected chi connectivity index (χ3v) is 5.56. The molecular formula is C14H23N3O2S. The fourth-order valence-corrected chi connectivity index (χ4v) is 4.15. The van der Waals surface area contributed by atoms with E-state index in [9.17, 15) is 8.42 Å². The zero-order valence-electron chi connectivity index (χ0n) is 11.9. The molecule has 1 heterocycles. The first kappa shape index (κ1) is 15.4. The second-order valence-electron chi connectivity index (χ2n) is 5.85. The SMILES string of the molecule is CC1(CNS(=O)(=O)c2cccnc2CN)CCCCC1. The molecule has 0 atom stereocenters. The van der Waals surface area contributed by atoms with Gasteiger partial charge in [-0.15, -0.1) is 0 Å². The van der Waals surface area contributed by atoms with Crippen LogP contribution in [0.2, 0.25) is 0 Å². The van der Waals surface area contributed by atoms with Gasteiger partial charge in [-0.1, -0.05) is 26.2 Å². The largest absolute Gasteiger partial charge is 0.325 e. The topological polar surface area (TPSA) is 85.1 Å². The Morgan fingerprint density at radius 1 is 1.35 bits per heavy atom. The van der Waals surface area contributed by atoms with E-state index in [1.54, 1.807) is 18.3 Å². The predicted octanol–water partition coefficient (Wildman–Crippen LogP) is 1.79. The van der Waals surface area contributed by atoms with Gasteiger partial charge < -0.3 is 5.73 Å².